The van der Waals surface area contributed by atoms with Gasteiger partial charge in [-0.1, -0.05) is 35.9 Å². The van der Waals surface area contributed by atoms with Gasteiger partial charge in [0.25, 0.3) is 10.1 Å². The van der Waals surface area contributed by atoms with Crippen molar-refractivity contribution < 1.29 is 53.1 Å². The number of hydrogen-bond donors (Lipinski definition) is 0. The van der Waals surface area contributed by atoms with E-state index in [-0.39, 0.29) is 59.6 Å². The summed E-state index contributed by atoms with van der Waals surface area (Å²) < 4.78 is 103. The molecule has 0 aliphatic carbocycles. The first kappa shape index (κ1) is 38.2. The topological polar surface area (TPSA) is 154 Å². The number of alkyl halides is 3. The first-order chi connectivity index (χ1) is 24.5. The molecule has 274 valence electrons. The van der Waals surface area contributed by atoms with Crippen LogP contribution in [0.3, 0.4) is 0 Å². The van der Waals surface area contributed by atoms with E-state index >= 15 is 0 Å². The predicted octanol–water partition coefficient (Wildman–Crippen LogP) is 5.43. The molecule has 52 heavy (non-hydrogen) atoms. The summed E-state index contributed by atoms with van der Waals surface area (Å²) in [6.45, 7) is 2.77. The van der Waals surface area contributed by atoms with Crippen molar-refractivity contribution in [1.82, 2.24) is 9.80 Å². The second kappa shape index (κ2) is 14.9. The number of benzene rings is 3. The van der Waals surface area contributed by atoms with Gasteiger partial charge >= 0.3 is 24.1 Å². The molecular formula is C35H34F3N4O8S2+. The Morgan fingerprint density at radius 1 is 0.962 bits per heavy atom. The average Bonchev–Trinajstić information content (AvgIpc) is 3.11. The van der Waals surface area contributed by atoms with Crippen LogP contribution in [0.4, 0.5) is 23.7 Å². The molecule has 1 fully saturated rings. The molecule has 1 unspecified atom stereocenters. The smallest absolute Gasteiger partial charge is 0.451 e. The zero-order chi connectivity index (χ0) is 38.0. The van der Waals surface area contributed by atoms with Gasteiger partial charge < -0.3 is 4.74 Å². The molecule has 3 aromatic carbocycles. The van der Waals surface area contributed by atoms with E-state index in [1.54, 1.807) is 31.2 Å². The summed E-state index contributed by atoms with van der Waals surface area (Å²) in [5.74, 6) is -1.53. The maximum absolute atomic E-state index is 13.8. The van der Waals surface area contributed by atoms with Gasteiger partial charge in [0, 0.05) is 0 Å². The number of ether oxygens (including phenoxy) is 1. The Morgan fingerprint density at radius 3 is 2.23 bits per heavy atom. The van der Waals surface area contributed by atoms with E-state index in [0.717, 1.165) is 24.8 Å². The van der Waals surface area contributed by atoms with E-state index < -0.39 is 55.5 Å². The van der Waals surface area contributed by atoms with Gasteiger partial charge in [-0.15, -0.1) is 0 Å². The molecular weight excluding hydrogens is 726 g/mol. The lowest BCUT2D eigenvalue weighted by Gasteiger charge is -2.43. The molecule has 0 aromatic heterocycles. The quantitative estimate of drug-likeness (QED) is 0.0962. The second-order valence-corrected chi connectivity index (χ2v) is 16.0. The van der Waals surface area contributed by atoms with Gasteiger partial charge in [0.05, 0.1) is 59.6 Å². The van der Waals surface area contributed by atoms with Crippen LogP contribution < -0.4 is 0 Å². The maximum Gasteiger partial charge on any atom is 0.451 e. The van der Waals surface area contributed by atoms with Gasteiger partial charge in [-0.2, -0.15) is 36.7 Å². The number of halogens is 3. The molecule has 2 heterocycles. The monoisotopic (exact) mass is 759 g/mol. The fraction of sp³-hybridized carbons (Fsp3) is 0.314. The standard InChI is InChI=1S/C35H34F3N4O8S2/c1-23-9-15-29(16-10-23)52(47,48)50-18-6-20-51(45,46)19-5-17-40-33-41(28-8-4-7-27(21-28)35(36,37)38)24(2)30(32(43)49-3)31(42(33)34(40)44)26-13-11-25(22-39)12-14-26/h4,7-16,21,31H,5-6,17-20H2,1-3H3/q+1. The fourth-order valence-corrected chi connectivity index (χ4v) is 8.23. The number of urea groups is 1. The van der Waals surface area contributed by atoms with Crippen molar-refractivity contribution in [3.8, 4) is 6.07 Å². The normalized spacial score (nSPS) is 16.4. The van der Waals surface area contributed by atoms with Gasteiger partial charge in [0.2, 0.25) is 0 Å². The molecule has 1 atom stereocenters. The molecule has 0 spiro atoms. The first-order valence-corrected chi connectivity index (χ1v) is 19.1. The van der Waals surface area contributed by atoms with Gasteiger partial charge in [0.15, 0.2) is 9.84 Å². The van der Waals surface area contributed by atoms with Crippen molar-refractivity contribution in [2.24, 2.45) is 0 Å². The van der Waals surface area contributed by atoms with E-state index in [9.17, 15) is 44.9 Å². The Kier molecular flexibility index (Phi) is 10.9. The lowest BCUT2D eigenvalue weighted by molar-refractivity contribution is -0.406. The van der Waals surface area contributed by atoms with Crippen LogP contribution in [0.5, 0.6) is 0 Å². The number of aryl methyl sites for hydroxylation is 1. The number of guanidine groups is 1. The Bertz CT molecular complexity index is 2210. The summed E-state index contributed by atoms with van der Waals surface area (Å²) in [5, 5.41) is 9.30. The van der Waals surface area contributed by atoms with Crippen molar-refractivity contribution >= 4 is 43.6 Å². The van der Waals surface area contributed by atoms with Crippen LogP contribution in [0.15, 0.2) is 89.0 Å². The molecule has 12 nitrogen and oxygen atoms in total. The van der Waals surface area contributed by atoms with Crippen molar-refractivity contribution in [3.63, 3.8) is 0 Å². The highest BCUT2D eigenvalue weighted by atomic mass is 32.2. The summed E-state index contributed by atoms with van der Waals surface area (Å²) in [6, 6.07) is 16.7. The highest BCUT2D eigenvalue weighted by molar-refractivity contribution is 7.91. The summed E-state index contributed by atoms with van der Waals surface area (Å²) in [4.78, 5) is 29.5. The van der Waals surface area contributed by atoms with E-state index in [1.807, 2.05) is 6.07 Å². The van der Waals surface area contributed by atoms with Crippen molar-refractivity contribution in [1.29, 1.82) is 5.26 Å². The number of amides is 2. The molecule has 2 aliphatic heterocycles. The molecule has 0 saturated carbocycles. The molecule has 3 aromatic rings. The van der Waals surface area contributed by atoms with Crippen LogP contribution in [-0.4, -0.2) is 80.9 Å². The van der Waals surface area contributed by atoms with Crippen molar-refractivity contribution in [2.45, 2.75) is 43.8 Å². The lowest BCUT2D eigenvalue weighted by atomic mass is 9.91. The van der Waals surface area contributed by atoms with Crippen LogP contribution in [-0.2, 0) is 39.8 Å². The van der Waals surface area contributed by atoms with Crippen LogP contribution >= 0.6 is 0 Å². The van der Waals surface area contributed by atoms with Crippen molar-refractivity contribution in [2.75, 3.05) is 31.8 Å². The van der Waals surface area contributed by atoms with E-state index in [2.05, 4.69) is 0 Å². The van der Waals surface area contributed by atoms with Crippen LogP contribution in [0, 0.1) is 18.3 Å². The third kappa shape index (κ3) is 7.88. The Hall–Kier alpha value is -5.05. The summed E-state index contributed by atoms with van der Waals surface area (Å²) >= 11 is 0. The summed E-state index contributed by atoms with van der Waals surface area (Å²) in [6.07, 6.45) is -4.89. The van der Waals surface area contributed by atoms with Gasteiger partial charge in [-0.3, -0.25) is 4.18 Å². The van der Waals surface area contributed by atoms with Crippen LogP contribution in [0.1, 0.15) is 48.1 Å². The zero-order valence-corrected chi connectivity index (χ0v) is 29.9. The Morgan fingerprint density at radius 2 is 1.62 bits per heavy atom. The minimum Gasteiger partial charge on any atom is -0.465 e. The van der Waals surface area contributed by atoms with E-state index in [0.29, 0.717) is 11.1 Å². The molecule has 2 amide bonds. The number of carbonyl (C=O) groups is 2. The van der Waals surface area contributed by atoms with E-state index in [4.69, 9.17) is 8.92 Å². The predicted molar refractivity (Wildman–Crippen MR) is 181 cm³/mol. The highest BCUT2D eigenvalue weighted by Gasteiger charge is 2.61. The zero-order valence-electron chi connectivity index (χ0n) is 28.3. The minimum atomic E-state index is -4.71. The number of hydrogen-bond acceptors (Lipinski definition) is 9. The third-order valence-corrected chi connectivity index (χ3v) is 11.7. The van der Waals surface area contributed by atoms with E-state index in [1.165, 1.54) is 57.7 Å². The molecule has 5 rings (SSSR count). The first-order valence-electron chi connectivity index (χ1n) is 15.9. The SMILES string of the molecule is COC(=O)C1=C(C)[N+](c2cccc(C(F)(F)F)c2)=C2N(CCCS(=O)(=O)CCCOS(=O)(=O)c3ccc(C)cc3)C(=O)N2C1c1ccc(C#N)cc1. The van der Waals surface area contributed by atoms with Gasteiger partial charge in [0.1, 0.15) is 17.3 Å². The number of allylic oxidation sites excluding steroid dienone is 1. The highest BCUT2D eigenvalue weighted by Crippen LogP contribution is 2.43. The van der Waals surface area contributed by atoms with Crippen LogP contribution in [0.25, 0.3) is 0 Å². The number of esters is 1. The number of carbonyl (C=O) groups excluding carboxylic acids is 2. The molecule has 1 saturated heterocycles. The lowest BCUT2D eigenvalue weighted by Crippen LogP contribution is -2.70. The van der Waals surface area contributed by atoms with Crippen LogP contribution in [0.2, 0.25) is 0 Å². The fourth-order valence-electron chi connectivity index (χ4n) is 5.95. The maximum atomic E-state index is 13.8. The largest absolute Gasteiger partial charge is 0.465 e. The number of nitriles is 1. The number of rotatable bonds is 13. The van der Waals surface area contributed by atoms with Gasteiger partial charge in [-0.05, 0) is 74.7 Å². The Balaban J connectivity index is 1.40. The molecule has 2 aliphatic rings. The molecule has 17 heteroatoms. The minimum absolute atomic E-state index is 0.0160. The molecule has 0 N–H and O–H groups in total. The number of sulfone groups is 1. The molecule has 0 bridgehead atoms. The number of nitrogens with zero attached hydrogens (tertiary/aromatic N) is 4. The Labute approximate surface area is 299 Å². The molecule has 0 radical (unpaired) electrons. The summed E-state index contributed by atoms with van der Waals surface area (Å²) in [5.41, 5.74) is 0.726. The average molecular weight is 760 g/mol. The number of methoxy groups -OCH3 is 1. The van der Waals surface area contributed by atoms with Gasteiger partial charge in [-0.25, -0.2) is 22.6 Å². The third-order valence-electron chi connectivity index (χ3n) is 8.53. The van der Waals surface area contributed by atoms with Crippen molar-refractivity contribution in [3.05, 3.63) is 106 Å². The second-order valence-electron chi connectivity index (χ2n) is 12.1. The number of fused-ring (bicyclic) bond motifs is 1. The summed E-state index contributed by atoms with van der Waals surface area (Å²) in [7, 11) is -6.70.